The molecule has 1 amide bonds. The van der Waals surface area contributed by atoms with Crippen molar-refractivity contribution in [3.05, 3.63) is 58.9 Å². The highest BCUT2D eigenvalue weighted by Gasteiger charge is 2.17. The summed E-state index contributed by atoms with van der Waals surface area (Å²) in [6.45, 7) is 0. The molecular weight excluding hydrogens is 267 g/mol. The highest BCUT2D eigenvalue weighted by atomic mass is 19.1. The van der Waals surface area contributed by atoms with Gasteiger partial charge in [0.25, 0.3) is 5.91 Å². The van der Waals surface area contributed by atoms with E-state index >= 15 is 0 Å². The van der Waals surface area contributed by atoms with Crippen LogP contribution in [-0.2, 0) is 12.8 Å². The van der Waals surface area contributed by atoms with Crippen LogP contribution in [0.2, 0.25) is 0 Å². The lowest BCUT2D eigenvalue weighted by Crippen LogP contribution is -2.17. The number of nitrogens with two attached hydrogens (primary N) is 1. The van der Waals surface area contributed by atoms with Gasteiger partial charge in [-0.3, -0.25) is 4.79 Å². The fraction of sp³-hybridized carbons (Fsp3) is 0.235. The van der Waals surface area contributed by atoms with Gasteiger partial charge in [0, 0.05) is 5.69 Å². The maximum absolute atomic E-state index is 13.4. The maximum Gasteiger partial charge on any atom is 0.257 e. The second kappa shape index (κ2) is 5.56. The molecule has 0 unspecified atom stereocenters. The van der Waals surface area contributed by atoms with Crippen molar-refractivity contribution in [2.45, 2.75) is 25.7 Å². The van der Waals surface area contributed by atoms with Crippen LogP contribution in [0.3, 0.4) is 0 Å². The predicted octanol–water partition coefficient (Wildman–Crippen LogP) is 3.54. The summed E-state index contributed by atoms with van der Waals surface area (Å²) in [6, 6.07) is 10.2. The van der Waals surface area contributed by atoms with Gasteiger partial charge in [0.05, 0.1) is 11.3 Å². The maximum atomic E-state index is 13.4. The van der Waals surface area contributed by atoms with Crippen molar-refractivity contribution in [2.24, 2.45) is 0 Å². The number of hydrogen-bond donors (Lipinski definition) is 2. The SMILES string of the molecule is Nc1c(F)cccc1C(=O)Nc1cccc2c1CCCC2. The van der Waals surface area contributed by atoms with Gasteiger partial charge in [-0.15, -0.1) is 0 Å². The van der Waals surface area contributed by atoms with Crippen LogP contribution in [0.5, 0.6) is 0 Å². The molecule has 1 aliphatic rings. The van der Waals surface area contributed by atoms with Crippen LogP contribution in [0.15, 0.2) is 36.4 Å². The van der Waals surface area contributed by atoms with E-state index in [1.54, 1.807) is 0 Å². The molecular formula is C17H17FN2O. The molecule has 2 aromatic rings. The number of benzene rings is 2. The van der Waals surface area contributed by atoms with Gasteiger partial charge in [-0.05, 0) is 55.0 Å². The second-order valence-corrected chi connectivity index (χ2v) is 5.31. The molecule has 4 heteroatoms. The van der Waals surface area contributed by atoms with Gasteiger partial charge in [-0.1, -0.05) is 18.2 Å². The van der Waals surface area contributed by atoms with Gasteiger partial charge in [-0.2, -0.15) is 0 Å². The van der Waals surface area contributed by atoms with Crippen LogP contribution in [0.1, 0.15) is 34.3 Å². The van der Waals surface area contributed by atoms with Gasteiger partial charge in [0.2, 0.25) is 0 Å². The van der Waals surface area contributed by atoms with Gasteiger partial charge >= 0.3 is 0 Å². The summed E-state index contributed by atoms with van der Waals surface area (Å²) in [6.07, 6.45) is 4.31. The van der Waals surface area contributed by atoms with Crippen LogP contribution in [-0.4, -0.2) is 5.91 Å². The van der Waals surface area contributed by atoms with E-state index in [1.165, 1.54) is 35.7 Å². The van der Waals surface area contributed by atoms with Crippen molar-refractivity contribution < 1.29 is 9.18 Å². The Kier molecular flexibility index (Phi) is 3.60. The van der Waals surface area contributed by atoms with Gasteiger partial charge in [-0.25, -0.2) is 4.39 Å². The molecule has 0 aromatic heterocycles. The first-order valence-corrected chi connectivity index (χ1v) is 7.13. The Morgan fingerprint density at radius 3 is 2.71 bits per heavy atom. The lowest BCUT2D eigenvalue weighted by molar-refractivity contribution is 0.102. The Labute approximate surface area is 123 Å². The molecule has 3 N–H and O–H groups in total. The van der Waals surface area contributed by atoms with E-state index in [-0.39, 0.29) is 17.2 Å². The smallest absolute Gasteiger partial charge is 0.257 e. The molecule has 0 heterocycles. The van der Waals surface area contributed by atoms with Crippen LogP contribution >= 0.6 is 0 Å². The van der Waals surface area contributed by atoms with E-state index in [1.807, 2.05) is 12.1 Å². The molecule has 0 saturated heterocycles. The van der Waals surface area contributed by atoms with Crippen molar-refractivity contribution in [3.63, 3.8) is 0 Å². The number of carbonyl (C=O) groups is 1. The quantitative estimate of drug-likeness (QED) is 0.829. The van der Waals surface area contributed by atoms with Crippen LogP contribution in [0.4, 0.5) is 15.8 Å². The third-order valence-corrected chi connectivity index (χ3v) is 3.94. The van der Waals surface area contributed by atoms with Crippen molar-refractivity contribution >= 4 is 17.3 Å². The summed E-state index contributed by atoms with van der Waals surface area (Å²) in [5.41, 5.74) is 8.97. The Hall–Kier alpha value is -2.36. The lowest BCUT2D eigenvalue weighted by Gasteiger charge is -2.19. The van der Waals surface area contributed by atoms with Crippen LogP contribution in [0, 0.1) is 5.82 Å². The molecule has 0 saturated carbocycles. The first-order chi connectivity index (χ1) is 10.2. The van der Waals surface area contributed by atoms with E-state index < -0.39 is 5.82 Å². The van der Waals surface area contributed by atoms with Crippen molar-refractivity contribution in [1.29, 1.82) is 0 Å². The summed E-state index contributed by atoms with van der Waals surface area (Å²) in [5.74, 6) is -0.941. The minimum atomic E-state index is -0.572. The molecule has 0 spiro atoms. The number of halogens is 1. The topological polar surface area (TPSA) is 55.1 Å². The van der Waals surface area contributed by atoms with Gasteiger partial charge in [0.15, 0.2) is 0 Å². The highest BCUT2D eigenvalue weighted by molar-refractivity contribution is 6.08. The molecule has 0 fully saturated rings. The zero-order valence-corrected chi connectivity index (χ0v) is 11.7. The monoisotopic (exact) mass is 284 g/mol. The Balaban J connectivity index is 1.90. The number of nitrogen functional groups attached to an aromatic ring is 1. The molecule has 108 valence electrons. The fourth-order valence-electron chi connectivity index (χ4n) is 2.82. The number of rotatable bonds is 2. The zero-order chi connectivity index (χ0) is 14.8. The van der Waals surface area contributed by atoms with Crippen LogP contribution in [0.25, 0.3) is 0 Å². The van der Waals surface area contributed by atoms with E-state index in [2.05, 4.69) is 11.4 Å². The number of amides is 1. The number of nitrogens with one attached hydrogen (secondary N) is 1. The molecule has 2 aromatic carbocycles. The minimum absolute atomic E-state index is 0.111. The van der Waals surface area contributed by atoms with Gasteiger partial charge in [0.1, 0.15) is 5.82 Å². The molecule has 0 bridgehead atoms. The Morgan fingerprint density at radius 1 is 1.10 bits per heavy atom. The fourth-order valence-corrected chi connectivity index (χ4v) is 2.82. The lowest BCUT2D eigenvalue weighted by atomic mass is 9.90. The highest BCUT2D eigenvalue weighted by Crippen LogP contribution is 2.28. The molecule has 0 atom stereocenters. The average molecular weight is 284 g/mol. The summed E-state index contributed by atoms with van der Waals surface area (Å²) in [4.78, 5) is 12.3. The van der Waals surface area contributed by atoms with Gasteiger partial charge < -0.3 is 11.1 Å². The van der Waals surface area contributed by atoms with Crippen molar-refractivity contribution in [3.8, 4) is 0 Å². The normalized spacial score (nSPS) is 13.6. The molecule has 0 aliphatic heterocycles. The number of aryl methyl sites for hydroxylation is 1. The molecule has 21 heavy (non-hydrogen) atoms. The Morgan fingerprint density at radius 2 is 1.86 bits per heavy atom. The number of hydrogen-bond acceptors (Lipinski definition) is 2. The zero-order valence-electron chi connectivity index (χ0n) is 11.7. The largest absolute Gasteiger partial charge is 0.396 e. The number of carbonyl (C=O) groups excluding carboxylic acids is 1. The van der Waals surface area contributed by atoms with Crippen LogP contribution < -0.4 is 11.1 Å². The summed E-state index contributed by atoms with van der Waals surface area (Å²) in [5, 5.41) is 2.87. The second-order valence-electron chi connectivity index (χ2n) is 5.31. The standard InChI is InChI=1S/C17H17FN2O/c18-14-9-4-8-13(16(14)19)17(21)20-15-10-3-6-11-5-1-2-7-12(11)15/h3-4,6,8-10H,1-2,5,7,19H2,(H,20,21). The number of para-hydroxylation sites is 1. The van der Waals surface area contributed by atoms with Crippen molar-refractivity contribution in [2.75, 3.05) is 11.1 Å². The van der Waals surface area contributed by atoms with E-state index in [4.69, 9.17) is 5.73 Å². The molecule has 0 radical (unpaired) electrons. The summed E-state index contributed by atoms with van der Waals surface area (Å²) in [7, 11) is 0. The number of anilines is 2. The average Bonchev–Trinajstić information content (AvgIpc) is 2.50. The molecule has 1 aliphatic carbocycles. The number of fused-ring (bicyclic) bond motifs is 1. The predicted molar refractivity (Wildman–Crippen MR) is 81.8 cm³/mol. The molecule has 3 nitrogen and oxygen atoms in total. The van der Waals surface area contributed by atoms with E-state index in [0.29, 0.717) is 0 Å². The summed E-state index contributed by atoms with van der Waals surface area (Å²) < 4.78 is 13.4. The van der Waals surface area contributed by atoms with E-state index in [0.717, 1.165) is 24.9 Å². The third-order valence-electron chi connectivity index (χ3n) is 3.94. The van der Waals surface area contributed by atoms with E-state index in [9.17, 15) is 9.18 Å². The Bertz CT molecular complexity index is 697. The third kappa shape index (κ3) is 2.61. The minimum Gasteiger partial charge on any atom is -0.396 e. The first kappa shape index (κ1) is 13.6. The first-order valence-electron chi connectivity index (χ1n) is 7.13. The summed E-state index contributed by atoms with van der Waals surface area (Å²) >= 11 is 0. The molecule has 3 rings (SSSR count). The van der Waals surface area contributed by atoms with Crippen molar-refractivity contribution in [1.82, 2.24) is 0 Å².